The summed E-state index contributed by atoms with van der Waals surface area (Å²) in [5.41, 5.74) is -0.849. The van der Waals surface area contributed by atoms with Gasteiger partial charge in [-0.25, -0.2) is 18.7 Å². The zero-order valence-electron chi connectivity index (χ0n) is 28.6. The number of phenolic OH excluding ortho intramolecular Hbond substituents is 3. The van der Waals surface area contributed by atoms with E-state index in [0.717, 1.165) is 40.4 Å². The van der Waals surface area contributed by atoms with Gasteiger partial charge in [-0.3, -0.25) is 14.9 Å². The molecule has 6 rings (SSSR count). The van der Waals surface area contributed by atoms with Gasteiger partial charge >= 0.3 is 39.6 Å². The summed E-state index contributed by atoms with van der Waals surface area (Å²) in [7, 11) is -7.66. The number of rotatable bonds is 8. The average Bonchev–Trinajstić information content (AvgIpc) is 3.39. The van der Waals surface area contributed by atoms with Crippen LogP contribution in [0.1, 0.15) is 5.69 Å². The molecule has 6 aromatic rings. The number of fused-ring (bicyclic) bond motifs is 1. The largest absolute Gasteiger partial charge is 1.00 e. The number of phenols is 3. The number of azo groups is 2. The number of aryl methyl sites for hydroxylation is 1. The molecule has 0 aliphatic rings. The molecule has 5 aromatic carbocycles. The van der Waals surface area contributed by atoms with Crippen LogP contribution in [0.15, 0.2) is 132 Å². The van der Waals surface area contributed by atoms with E-state index >= 15 is 0 Å². The normalized spacial score (nSPS) is 11.5. The van der Waals surface area contributed by atoms with E-state index in [9.17, 15) is 47.1 Å². The molecule has 23 heteroatoms. The smallest absolute Gasteiger partial charge is 0.589 e. The van der Waals surface area contributed by atoms with Gasteiger partial charge in [0.05, 0.1) is 9.82 Å². The van der Waals surface area contributed by atoms with Crippen molar-refractivity contribution in [2.24, 2.45) is 25.6 Å². The van der Waals surface area contributed by atoms with Crippen molar-refractivity contribution in [2.45, 2.75) is 16.7 Å². The Morgan fingerprint density at radius 2 is 1.36 bits per heavy atom. The first-order valence-electron chi connectivity index (χ1n) is 14.8. The molecule has 0 unspecified atom stereocenters. The van der Waals surface area contributed by atoms with Crippen molar-refractivity contribution < 1.29 is 89.1 Å². The summed E-state index contributed by atoms with van der Waals surface area (Å²) < 4.78 is 46.9. The maximum absolute atomic E-state index is 12.6. The van der Waals surface area contributed by atoms with E-state index in [2.05, 4.69) is 30.7 Å². The number of sulfonamides is 2. The number of quaternary nitrogens is 1. The Hall–Kier alpha value is -5.28. The predicted molar refractivity (Wildman–Crippen MR) is 188 cm³/mol. The molecule has 1 heterocycles. The summed E-state index contributed by atoms with van der Waals surface area (Å²) in [5, 5.41) is 69.5. The molecule has 0 saturated carbocycles. The second-order valence-corrected chi connectivity index (χ2v) is 14.2. The fourth-order valence-electron chi connectivity index (χ4n) is 4.62. The molecule has 55 heavy (non-hydrogen) atoms. The van der Waals surface area contributed by atoms with Crippen LogP contribution >= 0.6 is 0 Å². The number of aromatic nitrogens is 2. The van der Waals surface area contributed by atoms with Gasteiger partial charge in [-0.05, 0) is 53.9 Å². The molecule has 0 aliphatic heterocycles. The fourth-order valence-corrected chi connectivity index (χ4v) is 5.74. The van der Waals surface area contributed by atoms with Crippen LogP contribution in [0.25, 0.3) is 16.5 Å². The summed E-state index contributed by atoms with van der Waals surface area (Å²) in [5.74, 6) is -0.699. The minimum atomic E-state index is -3.93. The molecule has 8 N–H and O–H groups in total. The first-order chi connectivity index (χ1) is 24.9. The zero-order chi connectivity index (χ0) is 38.7. The van der Waals surface area contributed by atoms with E-state index in [1.165, 1.54) is 43.3 Å². The summed E-state index contributed by atoms with van der Waals surface area (Å²) >= 11 is 0. The molecular formula is C32H27CrN9NaO10S2+. The minimum absolute atomic E-state index is 0. The second-order valence-electron chi connectivity index (χ2n) is 10.9. The topological polar surface area (TPSA) is 311 Å². The summed E-state index contributed by atoms with van der Waals surface area (Å²) in [4.78, 5) is 22.5. The van der Waals surface area contributed by atoms with Gasteiger partial charge in [0, 0.05) is 40.6 Å². The number of hydrogen-bond acceptors (Lipinski definition) is 14. The van der Waals surface area contributed by atoms with Crippen molar-refractivity contribution in [3.05, 3.63) is 123 Å². The number of primary sulfonamides is 1. The molecule has 0 bridgehead atoms. The van der Waals surface area contributed by atoms with E-state index in [1.54, 1.807) is 18.2 Å². The first-order valence-corrected chi connectivity index (χ1v) is 18.0. The van der Waals surface area contributed by atoms with Crippen molar-refractivity contribution in [2.75, 3.05) is 0 Å². The molecule has 0 radical (unpaired) electrons. The van der Waals surface area contributed by atoms with Crippen molar-refractivity contribution >= 4 is 59.3 Å². The maximum atomic E-state index is 12.6. The fraction of sp³-hybridized carbons (Fsp3) is 0.0312. The van der Waals surface area contributed by atoms with Crippen molar-refractivity contribution in [1.29, 1.82) is 0 Å². The number of hydrogen-bond donors (Lipinski definition) is 5. The number of benzene rings is 5. The van der Waals surface area contributed by atoms with Gasteiger partial charge in [0.25, 0.3) is 11.2 Å². The summed E-state index contributed by atoms with van der Waals surface area (Å²) in [6.07, 6.45) is 0. The Kier molecular flexibility index (Phi) is 14.4. The standard InChI is InChI=1S/C16H14N6O6S.C16H13N3O4S.Cr.Na/c1-9-15(19-18-13-8-11(22(25)26)5-6-14(13)23)16(24)21(20-9)10-3-2-4-12(7-10)29(17,27)28;17-24(22,23)11-6-8-14(20)13(9-11)18-19-16-12-4-2-1-3-10(12)5-7-15(16)21;;/h2-8H,1H3,(H4,17,18,19,20,23,24,27,28);1-9,20-21H,(H2,17,22,23);;/q;;;+1. The third-order valence-electron chi connectivity index (χ3n) is 7.25. The Bertz CT molecular complexity index is 2760. The number of nitrogens with two attached hydrogens (primary N) is 1. The van der Waals surface area contributed by atoms with Crippen LogP contribution in [0, 0.1) is 17.0 Å². The predicted octanol–water partition coefficient (Wildman–Crippen LogP) is 1.38. The second kappa shape index (κ2) is 17.9. The molecule has 0 saturated heterocycles. The van der Waals surface area contributed by atoms with Crippen molar-refractivity contribution in [1.82, 2.24) is 9.78 Å². The van der Waals surface area contributed by atoms with Crippen LogP contribution in [-0.4, -0.2) is 41.8 Å². The molecule has 0 atom stereocenters. The Morgan fingerprint density at radius 3 is 2.00 bits per heavy atom. The maximum Gasteiger partial charge on any atom is 1.00 e. The number of aromatic hydroxyl groups is 3. The molecule has 0 fully saturated rings. The first kappa shape index (κ1) is 44.1. The Balaban J connectivity index is 0.000000289. The van der Waals surface area contributed by atoms with Crippen LogP contribution in [0.5, 0.6) is 17.2 Å². The van der Waals surface area contributed by atoms with Gasteiger partial charge in [0.1, 0.15) is 44.9 Å². The van der Waals surface area contributed by atoms with E-state index < -0.39 is 30.5 Å². The van der Waals surface area contributed by atoms with Gasteiger partial charge in [-0.1, -0.05) is 43.3 Å². The van der Waals surface area contributed by atoms with E-state index in [0.29, 0.717) is 5.39 Å². The molecule has 0 aliphatic carbocycles. The molecule has 0 spiro atoms. The Morgan fingerprint density at radius 1 is 0.764 bits per heavy atom. The molecule has 19 nitrogen and oxygen atoms in total. The van der Waals surface area contributed by atoms with Crippen LogP contribution in [0.4, 0.5) is 28.4 Å². The SMILES string of the molecule is Cc1[n-]n(-c2cccc(S([NH3+])(=O)=O)c2)c(=O)c1N=Nc1cc([N+](=O)[O-])ccc1O.NS(=O)(=O)c1ccc(O)c(N=Nc2c(O)ccc3ccccc23)c1.[Cr].[Na+]. The average molecular weight is 837 g/mol. The molecule has 278 valence electrons. The number of nitro benzene ring substituents is 1. The van der Waals surface area contributed by atoms with Gasteiger partial charge in [0.15, 0.2) is 0 Å². The number of nitrogens with zero attached hydrogens (tertiary/aromatic N) is 7. The third-order valence-corrected chi connectivity index (χ3v) is 9.13. The number of nitro groups is 1. The summed E-state index contributed by atoms with van der Waals surface area (Å²) in [6, 6.07) is 22.6. The Labute approximate surface area is 344 Å². The molecule has 1 aromatic heterocycles. The van der Waals surface area contributed by atoms with Gasteiger partial charge in [0.2, 0.25) is 10.0 Å². The van der Waals surface area contributed by atoms with Gasteiger partial charge in [-0.2, -0.15) is 8.42 Å². The molecular weight excluding hydrogens is 810 g/mol. The van der Waals surface area contributed by atoms with Crippen LogP contribution < -0.4 is 50.5 Å². The monoisotopic (exact) mass is 836 g/mol. The van der Waals surface area contributed by atoms with E-state index in [1.807, 2.05) is 12.1 Å². The van der Waals surface area contributed by atoms with Gasteiger partial charge in [-0.15, -0.1) is 26.2 Å². The van der Waals surface area contributed by atoms with Crippen LogP contribution in [0.3, 0.4) is 0 Å². The van der Waals surface area contributed by atoms with Crippen LogP contribution in [0.2, 0.25) is 0 Å². The zero-order valence-corrected chi connectivity index (χ0v) is 33.5. The minimum Gasteiger partial charge on any atom is -0.589 e. The van der Waals surface area contributed by atoms with Gasteiger partial charge < -0.3 is 25.1 Å². The van der Waals surface area contributed by atoms with Crippen molar-refractivity contribution in [3.63, 3.8) is 0 Å². The quantitative estimate of drug-likeness (QED) is 0.0631. The van der Waals surface area contributed by atoms with Crippen molar-refractivity contribution in [3.8, 4) is 22.9 Å². The third kappa shape index (κ3) is 10.5. The van der Waals surface area contributed by atoms with E-state index in [-0.39, 0.29) is 114 Å². The molecule has 0 amide bonds. The van der Waals surface area contributed by atoms with E-state index in [4.69, 9.17) is 5.14 Å². The van der Waals surface area contributed by atoms with Crippen LogP contribution in [-0.2, 0) is 37.4 Å². The summed E-state index contributed by atoms with van der Waals surface area (Å²) in [6.45, 7) is 1.49. The number of non-ortho nitro benzene ring substituents is 1.